The fraction of sp³-hybridized carbons (Fsp3) is 0.0500. The number of hydrogen-bond donors (Lipinski definition) is 2. The molecule has 0 bridgehead atoms. The maximum atomic E-state index is 13.7. The first-order valence-electron chi connectivity index (χ1n) is 8.66. The summed E-state index contributed by atoms with van der Waals surface area (Å²) in [6, 6.07) is 18.1. The van der Waals surface area contributed by atoms with Crippen LogP contribution in [0, 0.1) is 12.7 Å². The summed E-state index contributed by atoms with van der Waals surface area (Å²) in [5.41, 5.74) is 3.37. The van der Waals surface area contributed by atoms with Crippen molar-refractivity contribution in [3.63, 3.8) is 0 Å². The summed E-state index contributed by atoms with van der Waals surface area (Å²) in [5, 5.41) is 13.3. The van der Waals surface area contributed by atoms with Gasteiger partial charge in [-0.2, -0.15) is 5.21 Å². The average Bonchev–Trinajstić information content (AvgIpc) is 3.25. The van der Waals surface area contributed by atoms with E-state index in [1.54, 1.807) is 12.1 Å². The van der Waals surface area contributed by atoms with Crippen molar-refractivity contribution in [2.45, 2.75) is 11.8 Å². The van der Waals surface area contributed by atoms with Gasteiger partial charge in [-0.15, -0.1) is 10.2 Å². The Labute approximate surface area is 166 Å². The maximum absolute atomic E-state index is 13.7. The number of H-pyrrole nitrogens is 1. The molecule has 9 heteroatoms. The summed E-state index contributed by atoms with van der Waals surface area (Å²) < 4.78 is 41.8. The van der Waals surface area contributed by atoms with Crippen LogP contribution in [-0.2, 0) is 10.0 Å². The number of aromatic amines is 1. The highest BCUT2D eigenvalue weighted by Crippen LogP contribution is 2.28. The normalized spacial score (nSPS) is 11.4. The van der Waals surface area contributed by atoms with Crippen LogP contribution in [0.3, 0.4) is 0 Å². The van der Waals surface area contributed by atoms with Crippen LogP contribution in [0.1, 0.15) is 5.56 Å². The van der Waals surface area contributed by atoms with E-state index in [1.807, 2.05) is 31.2 Å². The van der Waals surface area contributed by atoms with Crippen molar-refractivity contribution in [3.05, 3.63) is 78.1 Å². The second-order valence-corrected chi connectivity index (χ2v) is 8.10. The van der Waals surface area contributed by atoms with E-state index < -0.39 is 15.8 Å². The van der Waals surface area contributed by atoms with E-state index in [0.29, 0.717) is 0 Å². The smallest absolute Gasteiger partial charge is 0.261 e. The van der Waals surface area contributed by atoms with Gasteiger partial charge in [0.25, 0.3) is 10.0 Å². The molecule has 0 saturated carbocycles. The van der Waals surface area contributed by atoms with Gasteiger partial charge >= 0.3 is 0 Å². The fourth-order valence-electron chi connectivity index (χ4n) is 2.84. The number of aromatic nitrogens is 4. The second kappa shape index (κ2) is 7.44. The van der Waals surface area contributed by atoms with Gasteiger partial charge in [-0.1, -0.05) is 42.0 Å². The van der Waals surface area contributed by atoms with Gasteiger partial charge < -0.3 is 0 Å². The lowest BCUT2D eigenvalue weighted by atomic mass is 10.0. The zero-order chi connectivity index (χ0) is 20.4. The molecule has 4 rings (SSSR count). The third-order valence-corrected chi connectivity index (χ3v) is 5.74. The van der Waals surface area contributed by atoms with Crippen LogP contribution in [0.5, 0.6) is 0 Å². The first-order chi connectivity index (χ1) is 13.9. The number of hydrogen-bond acceptors (Lipinski definition) is 5. The number of tetrazole rings is 1. The minimum absolute atomic E-state index is 0.0803. The Morgan fingerprint density at radius 3 is 2.21 bits per heavy atom. The summed E-state index contributed by atoms with van der Waals surface area (Å²) >= 11 is 0. The molecule has 0 fully saturated rings. The van der Waals surface area contributed by atoms with Gasteiger partial charge in [0.1, 0.15) is 5.82 Å². The molecule has 0 saturated heterocycles. The van der Waals surface area contributed by atoms with Gasteiger partial charge in [-0.05, 0) is 53.6 Å². The molecule has 0 aliphatic carbocycles. The van der Waals surface area contributed by atoms with Crippen LogP contribution >= 0.6 is 0 Å². The first kappa shape index (κ1) is 18.8. The van der Waals surface area contributed by atoms with E-state index in [9.17, 15) is 12.8 Å². The van der Waals surface area contributed by atoms with E-state index in [1.165, 1.54) is 18.2 Å². The van der Waals surface area contributed by atoms with Gasteiger partial charge in [0, 0.05) is 0 Å². The van der Waals surface area contributed by atoms with Crippen LogP contribution < -0.4 is 4.72 Å². The van der Waals surface area contributed by atoms with Crippen molar-refractivity contribution >= 4 is 15.7 Å². The highest BCUT2D eigenvalue weighted by atomic mass is 32.2. The van der Waals surface area contributed by atoms with E-state index in [4.69, 9.17) is 0 Å². The minimum atomic E-state index is -3.90. The Morgan fingerprint density at radius 1 is 0.931 bits per heavy atom. The molecule has 1 aromatic heterocycles. The SMILES string of the molecule is Cc1ccc(-c2ccc(S(=O)(=O)Nc3ccc(F)cc3-c3nn[nH]n3)cc2)cc1. The van der Waals surface area contributed by atoms with Crippen molar-refractivity contribution in [2.75, 3.05) is 4.72 Å². The molecular weight excluding hydrogens is 393 g/mol. The monoisotopic (exact) mass is 409 g/mol. The molecule has 0 unspecified atom stereocenters. The summed E-state index contributed by atoms with van der Waals surface area (Å²) in [4.78, 5) is 0.0803. The predicted octanol–water partition coefficient (Wildman–Crippen LogP) is 3.78. The summed E-state index contributed by atoms with van der Waals surface area (Å²) in [6.07, 6.45) is 0. The number of nitrogens with zero attached hydrogens (tertiary/aromatic N) is 3. The zero-order valence-electron chi connectivity index (χ0n) is 15.3. The van der Waals surface area contributed by atoms with E-state index in [2.05, 4.69) is 25.3 Å². The molecule has 0 aliphatic heterocycles. The Kier molecular flexibility index (Phi) is 4.81. The van der Waals surface area contributed by atoms with Crippen molar-refractivity contribution in [1.82, 2.24) is 20.6 Å². The number of halogens is 1. The lowest BCUT2D eigenvalue weighted by Crippen LogP contribution is -2.14. The molecule has 0 aliphatic rings. The number of rotatable bonds is 5. The van der Waals surface area contributed by atoms with Crippen molar-refractivity contribution < 1.29 is 12.8 Å². The number of sulfonamides is 1. The first-order valence-corrected chi connectivity index (χ1v) is 10.1. The highest BCUT2D eigenvalue weighted by molar-refractivity contribution is 7.92. The Morgan fingerprint density at radius 2 is 1.59 bits per heavy atom. The van der Waals surface area contributed by atoms with Crippen LogP contribution in [-0.4, -0.2) is 29.0 Å². The zero-order valence-corrected chi connectivity index (χ0v) is 16.1. The third-order valence-electron chi connectivity index (χ3n) is 4.36. The van der Waals surface area contributed by atoms with Crippen LogP contribution in [0.25, 0.3) is 22.5 Å². The fourth-order valence-corrected chi connectivity index (χ4v) is 3.92. The predicted molar refractivity (Wildman–Crippen MR) is 107 cm³/mol. The topological polar surface area (TPSA) is 101 Å². The standard InChI is InChI=1S/C20H16FN5O2S/c1-13-2-4-14(5-3-13)15-6-9-17(10-7-15)29(27,28)24-19-11-8-16(21)12-18(19)20-22-25-26-23-20/h2-12,24H,1H3,(H,22,23,25,26). The van der Waals surface area contributed by atoms with Crippen molar-refractivity contribution in [1.29, 1.82) is 0 Å². The van der Waals surface area contributed by atoms with Gasteiger partial charge in [0.15, 0.2) is 0 Å². The Bertz CT molecular complexity index is 1240. The molecule has 0 radical (unpaired) electrons. The van der Waals surface area contributed by atoms with Gasteiger partial charge in [0.05, 0.1) is 16.1 Å². The van der Waals surface area contributed by atoms with E-state index >= 15 is 0 Å². The summed E-state index contributed by atoms with van der Waals surface area (Å²) in [7, 11) is -3.90. The molecule has 0 spiro atoms. The largest absolute Gasteiger partial charge is 0.279 e. The third kappa shape index (κ3) is 3.99. The van der Waals surface area contributed by atoms with E-state index in [0.717, 1.165) is 28.8 Å². The number of benzene rings is 3. The molecule has 146 valence electrons. The van der Waals surface area contributed by atoms with Crippen molar-refractivity contribution in [3.8, 4) is 22.5 Å². The quantitative estimate of drug-likeness (QED) is 0.522. The average molecular weight is 409 g/mol. The highest BCUT2D eigenvalue weighted by Gasteiger charge is 2.19. The molecule has 7 nitrogen and oxygen atoms in total. The molecule has 3 aromatic carbocycles. The molecule has 29 heavy (non-hydrogen) atoms. The van der Waals surface area contributed by atoms with Crippen molar-refractivity contribution in [2.24, 2.45) is 0 Å². The Hall–Kier alpha value is -3.59. The Balaban J connectivity index is 1.64. The molecule has 2 N–H and O–H groups in total. The minimum Gasteiger partial charge on any atom is -0.279 e. The second-order valence-electron chi connectivity index (χ2n) is 6.42. The molecule has 4 aromatic rings. The summed E-state index contributed by atoms with van der Waals surface area (Å²) in [5.74, 6) is -0.466. The van der Waals surface area contributed by atoms with Gasteiger partial charge in [0.2, 0.25) is 5.82 Å². The molecular formula is C20H16FN5O2S. The number of aryl methyl sites for hydroxylation is 1. The van der Waals surface area contributed by atoms with Crippen LogP contribution in [0.4, 0.5) is 10.1 Å². The lowest BCUT2D eigenvalue weighted by Gasteiger charge is -2.12. The number of nitrogens with one attached hydrogen (secondary N) is 2. The molecule has 0 atom stereocenters. The lowest BCUT2D eigenvalue weighted by molar-refractivity contribution is 0.601. The van der Waals surface area contributed by atoms with Crippen LogP contribution in [0.15, 0.2) is 71.6 Å². The van der Waals surface area contributed by atoms with E-state index in [-0.39, 0.29) is 22.0 Å². The summed E-state index contributed by atoms with van der Waals surface area (Å²) in [6.45, 7) is 2.00. The van der Waals surface area contributed by atoms with Gasteiger partial charge in [-0.3, -0.25) is 4.72 Å². The number of anilines is 1. The molecule has 1 heterocycles. The van der Waals surface area contributed by atoms with Gasteiger partial charge in [-0.25, -0.2) is 12.8 Å². The molecule has 0 amide bonds. The maximum Gasteiger partial charge on any atom is 0.261 e. The van der Waals surface area contributed by atoms with Crippen LogP contribution in [0.2, 0.25) is 0 Å².